The SMILES string of the molecule is CCCCCCCCCCCCCC[C@@H](O)[C@@H](O)[C@H](CO[C@H]1OC(CO)[C@H](O)[C@H](O)[C@H]1O)NC(=O)CCCCCCCCCCCO. The van der Waals surface area contributed by atoms with Crippen LogP contribution in [0, 0.1) is 0 Å². The number of aliphatic hydroxyl groups is 7. The largest absolute Gasteiger partial charge is 0.396 e. The van der Waals surface area contributed by atoms with E-state index in [-0.39, 0.29) is 25.5 Å². The van der Waals surface area contributed by atoms with Crippen molar-refractivity contribution in [3.8, 4) is 0 Å². The van der Waals surface area contributed by atoms with Crippen molar-refractivity contribution in [2.75, 3.05) is 19.8 Å². The van der Waals surface area contributed by atoms with Crippen molar-refractivity contribution in [2.45, 2.75) is 204 Å². The minimum Gasteiger partial charge on any atom is -0.396 e. The summed E-state index contributed by atoms with van der Waals surface area (Å²) in [4.78, 5) is 12.8. The lowest BCUT2D eigenvalue weighted by Crippen LogP contribution is -2.60. The molecule has 8 atom stereocenters. The fourth-order valence-corrected chi connectivity index (χ4v) is 6.18. The van der Waals surface area contributed by atoms with Gasteiger partial charge >= 0.3 is 0 Å². The highest BCUT2D eigenvalue weighted by Crippen LogP contribution is 2.23. The highest BCUT2D eigenvalue weighted by Gasteiger charge is 2.44. The normalized spacial score (nSPS) is 23.4. The monoisotopic (exact) mass is 678 g/mol. The predicted molar refractivity (Wildman–Crippen MR) is 183 cm³/mol. The lowest BCUT2D eigenvalue weighted by Gasteiger charge is -2.40. The Labute approximate surface area is 284 Å². The molecule has 280 valence electrons. The van der Waals surface area contributed by atoms with Crippen LogP contribution in [0.1, 0.15) is 155 Å². The number of carbonyl (C=O) groups is 1. The molecule has 1 saturated heterocycles. The predicted octanol–water partition coefficient (Wildman–Crippen LogP) is 3.99. The zero-order valence-electron chi connectivity index (χ0n) is 29.4. The molecule has 0 aromatic carbocycles. The molecule has 0 aromatic heterocycles. The zero-order valence-corrected chi connectivity index (χ0v) is 29.4. The van der Waals surface area contributed by atoms with Gasteiger partial charge in [-0.3, -0.25) is 4.79 Å². The molecule has 0 radical (unpaired) electrons. The van der Waals surface area contributed by atoms with Crippen molar-refractivity contribution in [1.82, 2.24) is 5.32 Å². The first-order chi connectivity index (χ1) is 22.8. The summed E-state index contributed by atoms with van der Waals surface area (Å²) >= 11 is 0. The minimum absolute atomic E-state index is 0.248. The van der Waals surface area contributed by atoms with Gasteiger partial charge in [0, 0.05) is 13.0 Å². The maximum Gasteiger partial charge on any atom is 0.220 e. The second-order valence-corrected chi connectivity index (χ2v) is 13.6. The molecule has 0 aliphatic carbocycles. The third-order valence-corrected chi connectivity index (χ3v) is 9.36. The van der Waals surface area contributed by atoms with Gasteiger partial charge in [0.05, 0.1) is 25.4 Å². The van der Waals surface area contributed by atoms with E-state index in [1.54, 1.807) is 0 Å². The van der Waals surface area contributed by atoms with Crippen LogP contribution in [0.25, 0.3) is 0 Å². The standard InChI is InChI=1S/C36H71NO10/c1-2-3-4-5-6-7-8-9-11-14-17-20-23-29(40)32(42)28(27-46-36-35(45)34(44)33(43)30(26-39)47-36)37-31(41)24-21-18-15-12-10-13-16-19-22-25-38/h28-30,32-36,38-40,42-45H,2-27H2,1H3,(H,37,41)/t28-,29+,30?,32-,33-,34-,35+,36-/m0/s1. The van der Waals surface area contributed by atoms with Gasteiger partial charge < -0.3 is 50.5 Å². The summed E-state index contributed by atoms with van der Waals surface area (Å²) in [6, 6.07) is -0.999. The Balaban J connectivity index is 2.50. The van der Waals surface area contributed by atoms with E-state index >= 15 is 0 Å². The van der Waals surface area contributed by atoms with Crippen LogP contribution in [-0.4, -0.2) is 110 Å². The van der Waals surface area contributed by atoms with Crippen LogP contribution in [0.2, 0.25) is 0 Å². The molecule has 1 heterocycles. The summed E-state index contributed by atoms with van der Waals surface area (Å²) in [7, 11) is 0. The van der Waals surface area contributed by atoms with Gasteiger partial charge in [-0.15, -0.1) is 0 Å². The summed E-state index contributed by atoms with van der Waals surface area (Å²) in [5.74, 6) is -0.284. The van der Waals surface area contributed by atoms with Gasteiger partial charge in [0.2, 0.25) is 5.91 Å². The Hall–Kier alpha value is -0.890. The van der Waals surface area contributed by atoms with Crippen molar-refractivity contribution in [2.24, 2.45) is 0 Å². The van der Waals surface area contributed by atoms with Gasteiger partial charge in [0.25, 0.3) is 0 Å². The molecule has 1 unspecified atom stereocenters. The number of nitrogens with one attached hydrogen (secondary N) is 1. The van der Waals surface area contributed by atoms with E-state index in [2.05, 4.69) is 12.2 Å². The van der Waals surface area contributed by atoms with Crippen LogP contribution in [0.5, 0.6) is 0 Å². The smallest absolute Gasteiger partial charge is 0.220 e. The van der Waals surface area contributed by atoms with E-state index in [1.807, 2.05) is 0 Å². The molecule has 1 fully saturated rings. The van der Waals surface area contributed by atoms with Crippen molar-refractivity contribution in [3.63, 3.8) is 0 Å². The molecule has 8 N–H and O–H groups in total. The molecule has 0 bridgehead atoms. The zero-order chi connectivity index (χ0) is 34.7. The number of amides is 1. The maximum atomic E-state index is 12.8. The summed E-state index contributed by atoms with van der Waals surface area (Å²) in [6.07, 6.45) is 14.2. The van der Waals surface area contributed by atoms with Gasteiger partial charge in [-0.05, 0) is 19.3 Å². The molecule has 11 heteroatoms. The molecular weight excluding hydrogens is 606 g/mol. The van der Waals surface area contributed by atoms with Crippen LogP contribution < -0.4 is 5.32 Å². The molecule has 47 heavy (non-hydrogen) atoms. The third-order valence-electron chi connectivity index (χ3n) is 9.36. The summed E-state index contributed by atoms with van der Waals surface area (Å²) in [5, 5.41) is 73.5. The number of hydrogen-bond acceptors (Lipinski definition) is 10. The highest BCUT2D eigenvalue weighted by molar-refractivity contribution is 5.76. The van der Waals surface area contributed by atoms with Crippen molar-refractivity contribution >= 4 is 5.91 Å². The molecular formula is C36H71NO10. The average Bonchev–Trinajstić information content (AvgIpc) is 3.07. The summed E-state index contributed by atoms with van der Waals surface area (Å²) < 4.78 is 11.1. The van der Waals surface area contributed by atoms with Crippen molar-refractivity contribution in [1.29, 1.82) is 0 Å². The molecule has 11 nitrogen and oxygen atoms in total. The molecule has 0 spiro atoms. The Bertz CT molecular complexity index is 730. The molecule has 0 aromatic rings. The quantitative estimate of drug-likeness (QED) is 0.0498. The minimum atomic E-state index is -1.61. The number of rotatable bonds is 31. The lowest BCUT2D eigenvalue weighted by molar-refractivity contribution is -0.303. The van der Waals surface area contributed by atoms with E-state index in [1.165, 1.54) is 51.4 Å². The first-order valence-electron chi connectivity index (χ1n) is 18.9. The molecule has 1 aliphatic rings. The van der Waals surface area contributed by atoms with Crippen LogP contribution in [0.3, 0.4) is 0 Å². The molecule has 0 saturated carbocycles. The van der Waals surface area contributed by atoms with Gasteiger partial charge in [-0.2, -0.15) is 0 Å². The number of carbonyl (C=O) groups excluding carboxylic acids is 1. The van der Waals surface area contributed by atoms with E-state index in [0.717, 1.165) is 77.0 Å². The molecule has 1 rings (SSSR count). The van der Waals surface area contributed by atoms with Crippen LogP contribution in [0.4, 0.5) is 0 Å². The number of unbranched alkanes of at least 4 members (excludes halogenated alkanes) is 19. The second-order valence-electron chi connectivity index (χ2n) is 13.6. The fourth-order valence-electron chi connectivity index (χ4n) is 6.18. The Morgan fingerprint density at radius 3 is 1.68 bits per heavy atom. The van der Waals surface area contributed by atoms with Gasteiger partial charge in [-0.1, -0.05) is 129 Å². The van der Waals surface area contributed by atoms with Gasteiger partial charge in [0.1, 0.15) is 30.5 Å². The van der Waals surface area contributed by atoms with Crippen LogP contribution >= 0.6 is 0 Å². The van der Waals surface area contributed by atoms with Gasteiger partial charge in [-0.25, -0.2) is 0 Å². The van der Waals surface area contributed by atoms with Gasteiger partial charge in [0.15, 0.2) is 6.29 Å². The summed E-state index contributed by atoms with van der Waals surface area (Å²) in [5.41, 5.74) is 0. The fraction of sp³-hybridized carbons (Fsp3) is 0.972. The number of ether oxygens (including phenoxy) is 2. The number of hydrogen-bond donors (Lipinski definition) is 8. The Morgan fingerprint density at radius 2 is 1.17 bits per heavy atom. The van der Waals surface area contributed by atoms with E-state index in [9.17, 15) is 35.4 Å². The average molecular weight is 678 g/mol. The lowest BCUT2D eigenvalue weighted by atomic mass is 9.98. The first-order valence-corrected chi connectivity index (χ1v) is 18.9. The summed E-state index contributed by atoms with van der Waals surface area (Å²) in [6.45, 7) is 1.56. The number of aliphatic hydroxyl groups excluding tert-OH is 7. The first kappa shape index (κ1) is 44.1. The molecule has 1 amide bonds. The van der Waals surface area contributed by atoms with E-state index < -0.39 is 55.6 Å². The third kappa shape index (κ3) is 20.4. The van der Waals surface area contributed by atoms with E-state index in [0.29, 0.717) is 12.8 Å². The van der Waals surface area contributed by atoms with Crippen LogP contribution in [-0.2, 0) is 14.3 Å². The van der Waals surface area contributed by atoms with E-state index in [4.69, 9.17) is 14.6 Å². The maximum absolute atomic E-state index is 12.8. The molecule has 1 aliphatic heterocycles. The topological polar surface area (TPSA) is 189 Å². The van der Waals surface area contributed by atoms with Crippen molar-refractivity contribution < 1.29 is 50.0 Å². The second kappa shape index (κ2) is 28.9. The highest BCUT2D eigenvalue weighted by atomic mass is 16.7. The Morgan fingerprint density at radius 1 is 0.681 bits per heavy atom. The van der Waals surface area contributed by atoms with Crippen LogP contribution in [0.15, 0.2) is 0 Å². The Kier molecular flexibility index (Phi) is 27.1. The van der Waals surface area contributed by atoms with Crippen molar-refractivity contribution in [3.05, 3.63) is 0 Å².